The first-order valence-corrected chi connectivity index (χ1v) is 8.59. The summed E-state index contributed by atoms with van der Waals surface area (Å²) in [5.41, 5.74) is 9.07. The number of carbonyl (C=O) groups is 2. The van der Waals surface area contributed by atoms with E-state index in [2.05, 4.69) is 16.6 Å². The fourth-order valence-corrected chi connectivity index (χ4v) is 4.13. The third-order valence-corrected chi connectivity index (χ3v) is 5.87. The molecule has 0 saturated carbocycles. The van der Waals surface area contributed by atoms with Crippen LogP contribution in [0.2, 0.25) is 0 Å². The number of ether oxygens (including phenoxy) is 1. The molecule has 2 aliphatic heterocycles. The molecule has 3 rings (SSSR count). The van der Waals surface area contributed by atoms with Gasteiger partial charge in [-0.1, -0.05) is 41.5 Å². The Kier molecular flexibility index (Phi) is 4.51. The average molecular weight is 344 g/mol. The van der Waals surface area contributed by atoms with Gasteiger partial charge >= 0.3 is 6.09 Å². The second-order valence-electron chi connectivity index (χ2n) is 5.75. The van der Waals surface area contributed by atoms with Gasteiger partial charge in [-0.3, -0.25) is 4.79 Å². The highest BCUT2D eigenvalue weighted by Gasteiger charge is 2.51. The van der Waals surface area contributed by atoms with Gasteiger partial charge < -0.3 is 4.74 Å². The molecule has 0 spiro atoms. The van der Waals surface area contributed by atoms with Gasteiger partial charge in [0.15, 0.2) is 0 Å². The first-order chi connectivity index (χ1) is 11.6. The Balaban J connectivity index is 1.94. The van der Waals surface area contributed by atoms with Crippen LogP contribution in [0.25, 0.3) is 10.4 Å². The third kappa shape index (κ3) is 2.64. The SMILES string of the molecule is C=CC1(C(N=[N+]=[N-])C(=O)N2C(=O)OC[C@@H]2c2ccccc2)CSC1. The van der Waals surface area contributed by atoms with Crippen LogP contribution in [-0.2, 0) is 9.53 Å². The standard InChI is InChI=1S/C16H16N4O3S/c1-2-16(9-24-10-16)13(18-19-17)14(21)20-12(8-23-15(20)22)11-6-4-3-5-7-11/h2-7,12-13H,1,8-10H2/t12-,13?/m1/s1. The molecule has 1 unspecified atom stereocenters. The second-order valence-corrected chi connectivity index (χ2v) is 6.73. The van der Waals surface area contributed by atoms with Crippen LogP contribution in [0.3, 0.4) is 0 Å². The lowest BCUT2D eigenvalue weighted by molar-refractivity contribution is -0.132. The fourth-order valence-electron chi connectivity index (χ4n) is 2.90. The van der Waals surface area contributed by atoms with Crippen molar-refractivity contribution in [2.75, 3.05) is 18.1 Å². The molecular formula is C16H16N4O3S. The zero-order valence-corrected chi connectivity index (χ0v) is 13.7. The van der Waals surface area contributed by atoms with Crippen molar-refractivity contribution in [3.63, 3.8) is 0 Å². The van der Waals surface area contributed by atoms with Crippen molar-refractivity contribution in [3.8, 4) is 0 Å². The van der Waals surface area contributed by atoms with Crippen molar-refractivity contribution in [3.05, 3.63) is 59.0 Å². The van der Waals surface area contributed by atoms with Gasteiger partial charge in [0.25, 0.3) is 0 Å². The Labute approximate surface area is 143 Å². The minimum Gasteiger partial charge on any atom is -0.446 e. The molecule has 1 aromatic carbocycles. The number of thioether (sulfide) groups is 1. The van der Waals surface area contributed by atoms with Crippen LogP contribution in [0.15, 0.2) is 48.1 Å². The number of hydrogen-bond acceptors (Lipinski definition) is 5. The molecule has 8 heteroatoms. The summed E-state index contributed by atoms with van der Waals surface area (Å²) in [6.07, 6.45) is 0.942. The Hall–Kier alpha value is -2.44. The molecule has 7 nitrogen and oxygen atoms in total. The van der Waals surface area contributed by atoms with Crippen LogP contribution in [0.4, 0.5) is 4.79 Å². The van der Waals surface area contributed by atoms with E-state index < -0.39 is 29.5 Å². The molecule has 0 bridgehead atoms. The number of rotatable bonds is 5. The van der Waals surface area contributed by atoms with Gasteiger partial charge in [-0.2, -0.15) is 11.8 Å². The Morgan fingerprint density at radius 2 is 2.21 bits per heavy atom. The number of benzene rings is 1. The first-order valence-electron chi connectivity index (χ1n) is 7.43. The van der Waals surface area contributed by atoms with E-state index in [1.54, 1.807) is 17.8 Å². The lowest BCUT2D eigenvalue weighted by Gasteiger charge is -2.43. The number of azide groups is 1. The van der Waals surface area contributed by atoms with Crippen LogP contribution >= 0.6 is 11.8 Å². The largest absolute Gasteiger partial charge is 0.446 e. The fraction of sp³-hybridized carbons (Fsp3) is 0.375. The lowest BCUT2D eigenvalue weighted by Crippen LogP contribution is -2.53. The summed E-state index contributed by atoms with van der Waals surface area (Å²) < 4.78 is 5.08. The molecule has 2 amide bonds. The topological polar surface area (TPSA) is 95.4 Å². The molecule has 2 atom stereocenters. The number of cyclic esters (lactones) is 1. The van der Waals surface area contributed by atoms with E-state index in [0.29, 0.717) is 11.5 Å². The Morgan fingerprint density at radius 3 is 2.75 bits per heavy atom. The quantitative estimate of drug-likeness (QED) is 0.354. The van der Waals surface area contributed by atoms with Crippen LogP contribution < -0.4 is 0 Å². The van der Waals surface area contributed by atoms with Gasteiger partial charge in [0.05, 0.1) is 0 Å². The summed E-state index contributed by atoms with van der Waals surface area (Å²) in [5.74, 6) is 0.722. The molecular weight excluding hydrogens is 328 g/mol. The number of carbonyl (C=O) groups excluding carboxylic acids is 2. The molecule has 2 aliphatic rings. The maximum Gasteiger partial charge on any atom is 0.417 e. The summed E-state index contributed by atoms with van der Waals surface area (Å²) in [5, 5.41) is 3.69. The molecule has 0 N–H and O–H groups in total. The van der Waals surface area contributed by atoms with E-state index in [0.717, 1.165) is 10.5 Å². The molecule has 1 aromatic rings. The lowest BCUT2D eigenvalue weighted by atomic mass is 9.82. The number of hydrogen-bond donors (Lipinski definition) is 0. The molecule has 0 radical (unpaired) electrons. The van der Waals surface area contributed by atoms with E-state index in [1.165, 1.54) is 0 Å². The highest BCUT2D eigenvalue weighted by Crippen LogP contribution is 2.45. The van der Waals surface area contributed by atoms with Gasteiger partial charge in [-0.15, -0.1) is 6.58 Å². The molecule has 0 aromatic heterocycles. The van der Waals surface area contributed by atoms with Crippen molar-refractivity contribution in [1.82, 2.24) is 4.90 Å². The first kappa shape index (κ1) is 16.4. The van der Waals surface area contributed by atoms with Gasteiger partial charge in [0.1, 0.15) is 18.7 Å². The maximum absolute atomic E-state index is 13.0. The molecule has 2 heterocycles. The van der Waals surface area contributed by atoms with Crippen molar-refractivity contribution >= 4 is 23.8 Å². The van der Waals surface area contributed by atoms with E-state index in [1.807, 2.05) is 30.3 Å². The van der Waals surface area contributed by atoms with Crippen molar-refractivity contribution in [2.45, 2.75) is 12.1 Å². The molecule has 124 valence electrons. The Bertz CT molecular complexity index is 713. The van der Waals surface area contributed by atoms with Crippen LogP contribution in [-0.4, -0.2) is 41.1 Å². The van der Waals surface area contributed by atoms with Gasteiger partial charge in [0, 0.05) is 21.8 Å². The van der Waals surface area contributed by atoms with Crippen molar-refractivity contribution < 1.29 is 14.3 Å². The normalized spacial score (nSPS) is 22.8. The highest BCUT2D eigenvalue weighted by molar-refractivity contribution is 8.00. The van der Waals surface area contributed by atoms with E-state index in [4.69, 9.17) is 10.3 Å². The highest BCUT2D eigenvalue weighted by atomic mass is 32.2. The van der Waals surface area contributed by atoms with Gasteiger partial charge in [0.2, 0.25) is 5.91 Å². The third-order valence-electron chi connectivity index (χ3n) is 4.39. The number of imide groups is 1. The van der Waals surface area contributed by atoms with Crippen molar-refractivity contribution in [2.24, 2.45) is 10.5 Å². The Morgan fingerprint density at radius 1 is 1.50 bits per heavy atom. The van der Waals surface area contributed by atoms with E-state index >= 15 is 0 Å². The maximum atomic E-state index is 13.0. The van der Waals surface area contributed by atoms with E-state index in [-0.39, 0.29) is 6.61 Å². The average Bonchev–Trinajstić information content (AvgIpc) is 2.95. The second kappa shape index (κ2) is 6.59. The number of amides is 2. The minimum atomic E-state index is -1.00. The summed E-state index contributed by atoms with van der Waals surface area (Å²) in [7, 11) is 0. The van der Waals surface area contributed by atoms with E-state index in [9.17, 15) is 9.59 Å². The monoisotopic (exact) mass is 344 g/mol. The predicted octanol–water partition coefficient (Wildman–Crippen LogP) is 3.30. The van der Waals surface area contributed by atoms with Crippen LogP contribution in [0.1, 0.15) is 11.6 Å². The predicted molar refractivity (Wildman–Crippen MR) is 90.3 cm³/mol. The van der Waals surface area contributed by atoms with Crippen LogP contribution in [0.5, 0.6) is 0 Å². The zero-order valence-electron chi connectivity index (χ0n) is 12.9. The summed E-state index contributed by atoms with van der Waals surface area (Å²) >= 11 is 1.64. The van der Waals surface area contributed by atoms with Gasteiger partial charge in [-0.25, -0.2) is 9.69 Å². The zero-order chi connectivity index (χ0) is 17.2. The molecule has 2 fully saturated rings. The molecule has 0 aliphatic carbocycles. The smallest absolute Gasteiger partial charge is 0.417 e. The van der Waals surface area contributed by atoms with Crippen LogP contribution in [0, 0.1) is 5.41 Å². The summed E-state index contributed by atoms with van der Waals surface area (Å²) in [4.78, 5) is 29.1. The summed E-state index contributed by atoms with van der Waals surface area (Å²) in [6.45, 7) is 3.87. The molecule has 2 saturated heterocycles. The molecule has 24 heavy (non-hydrogen) atoms. The van der Waals surface area contributed by atoms with Gasteiger partial charge in [-0.05, 0) is 11.1 Å². The minimum absolute atomic E-state index is 0.0907. The summed E-state index contributed by atoms with van der Waals surface area (Å²) in [6, 6.07) is 7.67. The number of nitrogens with zero attached hydrogens (tertiary/aromatic N) is 4. The van der Waals surface area contributed by atoms with Crippen molar-refractivity contribution in [1.29, 1.82) is 0 Å².